The number of ether oxygens (including phenoxy) is 1. The molecule has 20 heavy (non-hydrogen) atoms. The summed E-state index contributed by atoms with van der Waals surface area (Å²) in [6.07, 6.45) is 3.33. The number of nitrogens with zero attached hydrogens (tertiary/aromatic N) is 3. The second-order valence-electron chi connectivity index (χ2n) is 5.96. The third-order valence-corrected chi connectivity index (χ3v) is 4.42. The third kappa shape index (κ3) is 2.18. The zero-order chi connectivity index (χ0) is 14.1. The van der Waals surface area contributed by atoms with E-state index in [9.17, 15) is 0 Å². The number of fused-ring (bicyclic) bond motifs is 2. The Morgan fingerprint density at radius 1 is 1.30 bits per heavy atom. The van der Waals surface area contributed by atoms with Gasteiger partial charge in [-0.2, -0.15) is 5.10 Å². The highest BCUT2D eigenvalue weighted by atomic mass is 16.5. The SMILES string of the molecule is CCCc1nn(C)c2c1NCC1COCC1N2CCC. The summed E-state index contributed by atoms with van der Waals surface area (Å²) in [7, 11) is 2.07. The number of anilines is 2. The minimum Gasteiger partial charge on any atom is -0.380 e. The van der Waals surface area contributed by atoms with Crippen LogP contribution in [-0.2, 0) is 18.2 Å². The van der Waals surface area contributed by atoms with E-state index < -0.39 is 0 Å². The smallest absolute Gasteiger partial charge is 0.150 e. The minimum atomic E-state index is 0.494. The van der Waals surface area contributed by atoms with E-state index in [1.807, 2.05) is 0 Å². The van der Waals surface area contributed by atoms with E-state index in [0.717, 1.165) is 45.6 Å². The molecule has 112 valence electrons. The van der Waals surface area contributed by atoms with Crippen LogP contribution in [0.4, 0.5) is 11.5 Å². The summed E-state index contributed by atoms with van der Waals surface area (Å²) >= 11 is 0. The van der Waals surface area contributed by atoms with Gasteiger partial charge in [0.1, 0.15) is 5.69 Å². The second-order valence-corrected chi connectivity index (χ2v) is 5.96. The molecule has 5 nitrogen and oxygen atoms in total. The van der Waals surface area contributed by atoms with Crippen LogP contribution in [0.15, 0.2) is 0 Å². The van der Waals surface area contributed by atoms with E-state index in [2.05, 4.69) is 35.8 Å². The topological polar surface area (TPSA) is 42.3 Å². The van der Waals surface area contributed by atoms with Gasteiger partial charge in [0.15, 0.2) is 5.82 Å². The Hall–Kier alpha value is -1.23. The number of hydrogen-bond donors (Lipinski definition) is 1. The van der Waals surface area contributed by atoms with Gasteiger partial charge in [0, 0.05) is 26.1 Å². The quantitative estimate of drug-likeness (QED) is 0.915. The molecule has 0 amide bonds. The summed E-state index contributed by atoms with van der Waals surface area (Å²) in [5.41, 5.74) is 2.48. The number of hydrogen-bond acceptors (Lipinski definition) is 4. The fourth-order valence-electron chi connectivity index (χ4n) is 3.52. The summed E-state index contributed by atoms with van der Waals surface area (Å²) in [5.74, 6) is 1.84. The highest BCUT2D eigenvalue weighted by molar-refractivity contribution is 5.71. The van der Waals surface area contributed by atoms with Crippen molar-refractivity contribution in [3.05, 3.63) is 5.69 Å². The monoisotopic (exact) mass is 278 g/mol. The summed E-state index contributed by atoms with van der Waals surface area (Å²) in [5, 5.41) is 8.40. The molecule has 0 radical (unpaired) electrons. The maximum absolute atomic E-state index is 5.72. The van der Waals surface area contributed by atoms with Gasteiger partial charge in [0.2, 0.25) is 0 Å². The van der Waals surface area contributed by atoms with E-state index in [4.69, 9.17) is 9.84 Å². The number of nitrogens with one attached hydrogen (secondary N) is 1. The molecular weight excluding hydrogens is 252 g/mol. The Balaban J connectivity index is 2.01. The Kier molecular flexibility index (Phi) is 3.87. The minimum absolute atomic E-state index is 0.494. The molecule has 3 rings (SSSR count). The highest BCUT2D eigenvalue weighted by Crippen LogP contribution is 2.37. The maximum atomic E-state index is 5.72. The van der Waals surface area contributed by atoms with Crippen molar-refractivity contribution < 1.29 is 4.74 Å². The van der Waals surface area contributed by atoms with Crippen molar-refractivity contribution in [1.29, 1.82) is 0 Å². The zero-order valence-electron chi connectivity index (χ0n) is 12.9. The maximum Gasteiger partial charge on any atom is 0.150 e. The molecule has 0 aliphatic carbocycles. The molecular formula is C15H26N4O. The second kappa shape index (κ2) is 5.64. The van der Waals surface area contributed by atoms with Gasteiger partial charge in [0.25, 0.3) is 0 Å². The molecule has 0 aromatic carbocycles. The van der Waals surface area contributed by atoms with Gasteiger partial charge in [0.05, 0.1) is 24.9 Å². The van der Waals surface area contributed by atoms with E-state index >= 15 is 0 Å². The summed E-state index contributed by atoms with van der Waals surface area (Å²) in [4.78, 5) is 2.53. The van der Waals surface area contributed by atoms with E-state index in [0.29, 0.717) is 12.0 Å². The van der Waals surface area contributed by atoms with Crippen LogP contribution >= 0.6 is 0 Å². The molecule has 0 saturated carbocycles. The van der Waals surface area contributed by atoms with Gasteiger partial charge in [-0.3, -0.25) is 4.68 Å². The van der Waals surface area contributed by atoms with Gasteiger partial charge in [-0.25, -0.2) is 0 Å². The van der Waals surface area contributed by atoms with Crippen molar-refractivity contribution in [2.75, 3.05) is 36.5 Å². The largest absolute Gasteiger partial charge is 0.380 e. The molecule has 1 saturated heterocycles. The van der Waals surface area contributed by atoms with Gasteiger partial charge < -0.3 is 15.0 Å². The fraction of sp³-hybridized carbons (Fsp3) is 0.800. The standard InChI is InChI=1S/C15H26N4O/c1-4-6-12-14-15(18(3)17-12)19(7-5-2)13-10-20-9-11(13)8-16-14/h11,13,16H,4-10H2,1-3H3. The summed E-state index contributed by atoms with van der Waals surface area (Å²) < 4.78 is 7.78. The van der Waals surface area contributed by atoms with Crippen LogP contribution in [0.3, 0.4) is 0 Å². The lowest BCUT2D eigenvalue weighted by molar-refractivity contribution is 0.185. The van der Waals surface area contributed by atoms with Gasteiger partial charge >= 0.3 is 0 Å². The van der Waals surface area contributed by atoms with E-state index in [-0.39, 0.29) is 0 Å². The molecule has 5 heteroatoms. The van der Waals surface area contributed by atoms with Crippen molar-refractivity contribution >= 4 is 11.5 Å². The Morgan fingerprint density at radius 2 is 2.15 bits per heavy atom. The first kappa shape index (κ1) is 13.7. The number of rotatable bonds is 4. The van der Waals surface area contributed by atoms with Crippen molar-refractivity contribution in [2.24, 2.45) is 13.0 Å². The van der Waals surface area contributed by atoms with Gasteiger partial charge in [-0.05, 0) is 12.8 Å². The Morgan fingerprint density at radius 3 is 2.90 bits per heavy atom. The predicted molar refractivity (Wildman–Crippen MR) is 81.4 cm³/mol. The number of aromatic nitrogens is 2. The van der Waals surface area contributed by atoms with Crippen LogP contribution in [0.25, 0.3) is 0 Å². The summed E-state index contributed by atoms with van der Waals surface area (Å²) in [6.45, 7) is 8.25. The average molecular weight is 278 g/mol. The normalized spacial score (nSPS) is 25.1. The summed E-state index contributed by atoms with van der Waals surface area (Å²) in [6, 6.07) is 0.494. The Bertz CT molecular complexity index is 471. The molecule has 1 aromatic heterocycles. The molecule has 0 bridgehead atoms. The molecule has 1 aromatic rings. The molecule has 3 heterocycles. The number of aryl methyl sites for hydroxylation is 2. The van der Waals surface area contributed by atoms with Crippen molar-refractivity contribution in [2.45, 2.75) is 39.2 Å². The van der Waals surface area contributed by atoms with Crippen molar-refractivity contribution in [3.63, 3.8) is 0 Å². The van der Waals surface area contributed by atoms with Crippen LogP contribution in [0.5, 0.6) is 0 Å². The first-order valence-corrected chi connectivity index (χ1v) is 7.90. The molecule has 2 atom stereocenters. The van der Waals surface area contributed by atoms with Crippen molar-refractivity contribution in [1.82, 2.24) is 9.78 Å². The van der Waals surface area contributed by atoms with Crippen LogP contribution in [0.2, 0.25) is 0 Å². The lowest BCUT2D eigenvalue weighted by Crippen LogP contribution is -2.42. The molecule has 2 aliphatic heterocycles. The average Bonchev–Trinajstić information content (AvgIpc) is 2.96. The molecule has 1 fully saturated rings. The highest BCUT2D eigenvalue weighted by Gasteiger charge is 2.38. The molecule has 2 unspecified atom stereocenters. The lowest BCUT2D eigenvalue weighted by atomic mass is 10.0. The lowest BCUT2D eigenvalue weighted by Gasteiger charge is -2.31. The fourth-order valence-corrected chi connectivity index (χ4v) is 3.52. The first-order chi connectivity index (χ1) is 9.76. The van der Waals surface area contributed by atoms with Crippen LogP contribution in [0, 0.1) is 5.92 Å². The van der Waals surface area contributed by atoms with Crippen LogP contribution in [-0.4, -0.2) is 42.1 Å². The van der Waals surface area contributed by atoms with Crippen LogP contribution < -0.4 is 10.2 Å². The first-order valence-electron chi connectivity index (χ1n) is 7.90. The van der Waals surface area contributed by atoms with Crippen LogP contribution in [0.1, 0.15) is 32.4 Å². The zero-order valence-corrected chi connectivity index (χ0v) is 12.9. The van der Waals surface area contributed by atoms with E-state index in [1.54, 1.807) is 0 Å². The molecule has 0 spiro atoms. The van der Waals surface area contributed by atoms with Crippen molar-refractivity contribution in [3.8, 4) is 0 Å². The van der Waals surface area contributed by atoms with Gasteiger partial charge in [-0.1, -0.05) is 20.3 Å². The van der Waals surface area contributed by atoms with Gasteiger partial charge in [-0.15, -0.1) is 0 Å². The molecule has 1 N–H and O–H groups in total. The predicted octanol–water partition coefficient (Wildman–Crippen LogP) is 2.03. The third-order valence-electron chi connectivity index (χ3n) is 4.42. The van der Waals surface area contributed by atoms with E-state index in [1.165, 1.54) is 17.2 Å². The molecule has 2 aliphatic rings. The Labute approximate surface area is 121 Å².